The van der Waals surface area contributed by atoms with Crippen molar-refractivity contribution in [2.75, 3.05) is 14.2 Å². The summed E-state index contributed by atoms with van der Waals surface area (Å²) in [6.45, 7) is 7.34. The molecule has 0 aliphatic rings. The van der Waals surface area contributed by atoms with Crippen molar-refractivity contribution in [2.24, 2.45) is 0 Å². The lowest BCUT2D eigenvalue weighted by Gasteiger charge is -2.12. The highest BCUT2D eigenvalue weighted by Gasteiger charge is 2.19. The standard InChI is InChI=1S/C26H27N3O3/c1-16-25-17(2)28(11-10-19-8-9-23(30-4)24(13-19)31-5)18(3)26(25)21-14-20(15-29(21)27-16)22-7-6-12-32-22/h6-9,12-15H,10-11H2,1-5H3. The molecule has 0 spiro atoms. The Morgan fingerprint density at radius 2 is 1.72 bits per heavy atom. The Bertz CT molecular complexity index is 1420. The molecular formula is C26H27N3O3. The fourth-order valence-electron chi connectivity index (χ4n) is 4.76. The van der Waals surface area contributed by atoms with Gasteiger partial charge in [0.2, 0.25) is 0 Å². The summed E-state index contributed by atoms with van der Waals surface area (Å²) in [5.74, 6) is 2.36. The Morgan fingerprint density at radius 3 is 2.44 bits per heavy atom. The molecule has 0 saturated heterocycles. The lowest BCUT2D eigenvalue weighted by molar-refractivity contribution is 0.354. The van der Waals surface area contributed by atoms with Crippen LogP contribution >= 0.6 is 0 Å². The van der Waals surface area contributed by atoms with Gasteiger partial charge in [0, 0.05) is 40.5 Å². The molecule has 0 atom stereocenters. The highest BCUT2D eigenvalue weighted by Crippen LogP contribution is 2.34. The summed E-state index contributed by atoms with van der Waals surface area (Å²) < 4.78 is 20.8. The average molecular weight is 430 g/mol. The summed E-state index contributed by atoms with van der Waals surface area (Å²) in [7, 11) is 3.33. The predicted molar refractivity (Wildman–Crippen MR) is 126 cm³/mol. The van der Waals surface area contributed by atoms with E-state index in [1.165, 1.54) is 27.7 Å². The van der Waals surface area contributed by atoms with Crippen LogP contribution in [0.3, 0.4) is 0 Å². The first-order valence-electron chi connectivity index (χ1n) is 10.7. The number of nitrogens with zero attached hydrogens (tertiary/aromatic N) is 3. The SMILES string of the molecule is COc1ccc(CCn2c(C)c3c(C)nn4cc(-c5ccco5)cc4c3c2C)cc1OC. The largest absolute Gasteiger partial charge is 0.493 e. The summed E-state index contributed by atoms with van der Waals surface area (Å²) >= 11 is 0. The van der Waals surface area contributed by atoms with Crippen LogP contribution in [0.2, 0.25) is 0 Å². The lowest BCUT2D eigenvalue weighted by atomic mass is 10.1. The van der Waals surface area contributed by atoms with Crippen LogP contribution in [0, 0.1) is 20.8 Å². The summed E-state index contributed by atoms with van der Waals surface area (Å²) in [5.41, 5.74) is 6.86. The Kier molecular flexibility index (Phi) is 4.93. The van der Waals surface area contributed by atoms with Crippen molar-refractivity contribution < 1.29 is 13.9 Å². The van der Waals surface area contributed by atoms with Crippen LogP contribution in [0.15, 0.2) is 53.3 Å². The third kappa shape index (κ3) is 3.14. The van der Waals surface area contributed by atoms with Gasteiger partial charge in [-0.25, -0.2) is 4.52 Å². The number of aromatic nitrogens is 3. The summed E-state index contributed by atoms with van der Waals surface area (Å²) in [5, 5.41) is 7.32. The molecule has 5 aromatic rings. The molecule has 0 radical (unpaired) electrons. The Morgan fingerprint density at radius 1 is 0.938 bits per heavy atom. The Balaban J connectivity index is 1.57. The third-order valence-electron chi connectivity index (χ3n) is 6.34. The van der Waals surface area contributed by atoms with Crippen molar-refractivity contribution in [3.05, 3.63) is 71.5 Å². The van der Waals surface area contributed by atoms with E-state index in [4.69, 9.17) is 19.0 Å². The van der Waals surface area contributed by atoms with Crippen LogP contribution in [0.4, 0.5) is 0 Å². The van der Waals surface area contributed by atoms with E-state index >= 15 is 0 Å². The highest BCUT2D eigenvalue weighted by atomic mass is 16.5. The molecule has 0 N–H and O–H groups in total. The van der Waals surface area contributed by atoms with Gasteiger partial charge < -0.3 is 18.5 Å². The minimum absolute atomic E-state index is 0.750. The highest BCUT2D eigenvalue weighted by molar-refractivity contribution is 6.02. The molecule has 0 amide bonds. The molecule has 4 heterocycles. The molecular weight excluding hydrogens is 402 g/mol. The molecule has 0 saturated carbocycles. The first-order chi connectivity index (χ1) is 15.5. The Hall–Kier alpha value is -3.67. The van der Waals surface area contributed by atoms with E-state index in [9.17, 15) is 0 Å². The van der Waals surface area contributed by atoms with Gasteiger partial charge in [-0.3, -0.25) is 0 Å². The number of methoxy groups -OCH3 is 2. The number of furan rings is 1. The average Bonchev–Trinajstić information content (AvgIpc) is 3.51. The molecule has 6 heteroatoms. The van der Waals surface area contributed by atoms with Crippen LogP contribution < -0.4 is 9.47 Å². The third-order valence-corrected chi connectivity index (χ3v) is 6.34. The second-order valence-electron chi connectivity index (χ2n) is 8.13. The Labute approximate surface area is 187 Å². The number of fused-ring (bicyclic) bond motifs is 3. The molecule has 32 heavy (non-hydrogen) atoms. The van der Waals surface area contributed by atoms with Gasteiger partial charge in [-0.1, -0.05) is 6.07 Å². The van der Waals surface area contributed by atoms with Gasteiger partial charge in [-0.2, -0.15) is 5.10 Å². The minimum atomic E-state index is 0.750. The molecule has 0 fully saturated rings. The van der Waals surface area contributed by atoms with Gasteiger partial charge in [-0.15, -0.1) is 0 Å². The van der Waals surface area contributed by atoms with E-state index in [1.54, 1.807) is 20.5 Å². The zero-order chi connectivity index (χ0) is 22.4. The monoisotopic (exact) mass is 429 g/mol. The van der Waals surface area contributed by atoms with E-state index in [1.807, 2.05) is 28.9 Å². The number of aryl methyl sites for hydroxylation is 4. The second-order valence-corrected chi connectivity index (χ2v) is 8.13. The van der Waals surface area contributed by atoms with E-state index < -0.39 is 0 Å². The maximum atomic E-state index is 5.61. The molecule has 6 nitrogen and oxygen atoms in total. The molecule has 0 aliphatic heterocycles. The number of hydrogen-bond donors (Lipinski definition) is 0. The van der Waals surface area contributed by atoms with Crippen LogP contribution in [-0.4, -0.2) is 28.4 Å². The molecule has 1 aromatic carbocycles. The van der Waals surface area contributed by atoms with Crippen LogP contribution in [-0.2, 0) is 13.0 Å². The molecule has 0 aliphatic carbocycles. The minimum Gasteiger partial charge on any atom is -0.493 e. The smallest absolute Gasteiger partial charge is 0.160 e. The van der Waals surface area contributed by atoms with Gasteiger partial charge in [0.25, 0.3) is 0 Å². The first-order valence-corrected chi connectivity index (χ1v) is 10.7. The van der Waals surface area contributed by atoms with Crippen molar-refractivity contribution in [2.45, 2.75) is 33.7 Å². The van der Waals surface area contributed by atoms with Crippen LogP contribution in [0.1, 0.15) is 22.6 Å². The van der Waals surface area contributed by atoms with Crippen molar-refractivity contribution in [3.63, 3.8) is 0 Å². The van der Waals surface area contributed by atoms with Crippen molar-refractivity contribution >= 4 is 16.3 Å². The summed E-state index contributed by atoms with van der Waals surface area (Å²) in [4.78, 5) is 0. The van der Waals surface area contributed by atoms with Crippen molar-refractivity contribution in [3.8, 4) is 22.8 Å². The molecule has 164 valence electrons. The molecule has 4 aromatic heterocycles. The normalized spacial score (nSPS) is 11.5. The van der Waals surface area contributed by atoms with Crippen LogP contribution in [0.5, 0.6) is 11.5 Å². The van der Waals surface area contributed by atoms with Gasteiger partial charge >= 0.3 is 0 Å². The van der Waals surface area contributed by atoms with E-state index in [-0.39, 0.29) is 0 Å². The van der Waals surface area contributed by atoms with Gasteiger partial charge in [0.1, 0.15) is 5.76 Å². The fourth-order valence-corrected chi connectivity index (χ4v) is 4.76. The van der Waals surface area contributed by atoms with Gasteiger partial charge in [-0.05, 0) is 63.1 Å². The number of rotatable bonds is 6. The van der Waals surface area contributed by atoms with E-state index in [0.717, 1.165) is 47.0 Å². The topological polar surface area (TPSA) is 53.8 Å². The zero-order valence-corrected chi connectivity index (χ0v) is 19.1. The fraction of sp³-hybridized carbons (Fsp3) is 0.269. The summed E-state index contributed by atoms with van der Waals surface area (Å²) in [6, 6.07) is 12.2. The zero-order valence-electron chi connectivity index (χ0n) is 19.1. The van der Waals surface area contributed by atoms with Gasteiger partial charge in [0.05, 0.1) is 31.7 Å². The number of benzene rings is 1. The lowest BCUT2D eigenvalue weighted by Crippen LogP contribution is -2.05. The van der Waals surface area contributed by atoms with E-state index in [2.05, 4.69) is 43.5 Å². The molecule has 0 unspecified atom stereocenters. The predicted octanol–water partition coefficient (Wildman–Crippen LogP) is 5.73. The number of ether oxygens (including phenoxy) is 2. The van der Waals surface area contributed by atoms with Crippen molar-refractivity contribution in [1.82, 2.24) is 14.2 Å². The van der Waals surface area contributed by atoms with Crippen molar-refractivity contribution in [1.29, 1.82) is 0 Å². The van der Waals surface area contributed by atoms with Gasteiger partial charge in [0.15, 0.2) is 11.5 Å². The molecule has 0 bridgehead atoms. The maximum Gasteiger partial charge on any atom is 0.160 e. The van der Waals surface area contributed by atoms with E-state index in [0.29, 0.717) is 0 Å². The molecule has 5 rings (SSSR count). The second kappa shape index (κ2) is 7.79. The number of hydrogen-bond acceptors (Lipinski definition) is 4. The van der Waals surface area contributed by atoms with Crippen LogP contribution in [0.25, 0.3) is 27.6 Å². The summed E-state index contributed by atoms with van der Waals surface area (Å²) in [6.07, 6.45) is 4.63. The first kappa shape index (κ1) is 20.2. The maximum absolute atomic E-state index is 5.61. The quantitative estimate of drug-likeness (QED) is 0.346.